The number of aryl methyl sites for hydroxylation is 2. The van der Waals surface area contributed by atoms with Crippen LogP contribution in [0.4, 0.5) is 5.82 Å². The van der Waals surface area contributed by atoms with Crippen LogP contribution in [0.1, 0.15) is 60.0 Å². The molecular weight excluding hydrogens is 376 g/mol. The number of hydrogen-bond donors (Lipinski definition) is 2. The largest absolute Gasteiger partial charge is 0.396 e. The number of hydrogen-bond acceptors (Lipinski definition) is 5. The van der Waals surface area contributed by atoms with E-state index in [9.17, 15) is 9.90 Å². The first-order valence-corrected chi connectivity index (χ1v) is 11.3. The van der Waals surface area contributed by atoms with E-state index in [0.29, 0.717) is 30.7 Å². The fraction of sp³-hybridized carbons (Fsp3) is 0.542. The topological polar surface area (TPSA) is 78.3 Å². The molecule has 3 atom stereocenters. The molecule has 6 nitrogen and oxygen atoms in total. The Morgan fingerprint density at radius 2 is 2.03 bits per heavy atom. The second-order valence-corrected chi connectivity index (χ2v) is 9.01. The van der Waals surface area contributed by atoms with Crippen molar-refractivity contribution >= 4 is 11.7 Å². The van der Waals surface area contributed by atoms with Gasteiger partial charge < -0.3 is 15.3 Å². The summed E-state index contributed by atoms with van der Waals surface area (Å²) in [5, 5.41) is 13.2. The number of rotatable bonds is 6. The van der Waals surface area contributed by atoms with Gasteiger partial charge in [0.2, 0.25) is 0 Å². The van der Waals surface area contributed by atoms with Crippen molar-refractivity contribution in [3.05, 3.63) is 53.0 Å². The number of nitrogens with zero attached hydrogens (tertiary/aromatic N) is 3. The van der Waals surface area contributed by atoms with E-state index in [-0.39, 0.29) is 17.9 Å². The van der Waals surface area contributed by atoms with E-state index in [1.807, 2.05) is 18.2 Å². The van der Waals surface area contributed by atoms with Gasteiger partial charge >= 0.3 is 0 Å². The summed E-state index contributed by atoms with van der Waals surface area (Å²) in [6.07, 6.45) is 6.53. The van der Waals surface area contributed by atoms with Crippen molar-refractivity contribution < 1.29 is 9.90 Å². The third-order valence-corrected chi connectivity index (χ3v) is 7.50. The minimum atomic E-state index is -0.0867. The lowest BCUT2D eigenvalue weighted by atomic mass is 9.72. The molecule has 2 fully saturated rings. The van der Waals surface area contributed by atoms with Gasteiger partial charge in [0.05, 0.1) is 6.61 Å². The third-order valence-electron chi connectivity index (χ3n) is 7.50. The van der Waals surface area contributed by atoms with Crippen molar-refractivity contribution in [1.82, 2.24) is 15.3 Å². The number of benzene rings is 1. The zero-order valence-electron chi connectivity index (χ0n) is 17.6. The SMILES string of the molecule is CC[C@]1(CO)C[C@H]2CC[C@@H]1N2c1nc(CCc2ccccc2)nc2c1CCNC2=O. The highest BCUT2D eigenvalue weighted by Gasteiger charge is 2.55. The van der Waals surface area contributed by atoms with E-state index in [0.717, 1.165) is 55.7 Å². The van der Waals surface area contributed by atoms with Gasteiger partial charge in [0.1, 0.15) is 17.3 Å². The molecule has 1 aromatic carbocycles. The molecule has 0 spiro atoms. The summed E-state index contributed by atoms with van der Waals surface area (Å²) in [5.74, 6) is 1.60. The van der Waals surface area contributed by atoms with Crippen LogP contribution >= 0.6 is 0 Å². The number of fused-ring (bicyclic) bond motifs is 3. The van der Waals surface area contributed by atoms with Crippen molar-refractivity contribution in [2.75, 3.05) is 18.1 Å². The van der Waals surface area contributed by atoms with Crippen LogP contribution in [0, 0.1) is 5.41 Å². The molecule has 158 valence electrons. The van der Waals surface area contributed by atoms with Crippen LogP contribution in [-0.4, -0.2) is 46.2 Å². The maximum Gasteiger partial charge on any atom is 0.270 e. The maximum absolute atomic E-state index is 12.6. The molecule has 2 saturated heterocycles. The summed E-state index contributed by atoms with van der Waals surface area (Å²) < 4.78 is 0. The smallest absolute Gasteiger partial charge is 0.270 e. The van der Waals surface area contributed by atoms with E-state index in [2.05, 4.69) is 34.3 Å². The van der Waals surface area contributed by atoms with Gasteiger partial charge in [0.25, 0.3) is 5.91 Å². The van der Waals surface area contributed by atoms with Crippen LogP contribution in [0.2, 0.25) is 0 Å². The predicted octanol–water partition coefficient (Wildman–Crippen LogP) is 2.68. The number of anilines is 1. The molecule has 3 aliphatic heterocycles. The van der Waals surface area contributed by atoms with Crippen molar-refractivity contribution in [3.8, 4) is 0 Å². The summed E-state index contributed by atoms with van der Waals surface area (Å²) in [4.78, 5) is 24.8. The zero-order chi connectivity index (χ0) is 20.7. The molecule has 0 radical (unpaired) electrons. The second kappa shape index (κ2) is 7.65. The second-order valence-electron chi connectivity index (χ2n) is 9.01. The van der Waals surface area contributed by atoms with E-state index in [4.69, 9.17) is 4.98 Å². The summed E-state index contributed by atoms with van der Waals surface area (Å²) in [5.41, 5.74) is 2.73. The quantitative estimate of drug-likeness (QED) is 0.771. The van der Waals surface area contributed by atoms with Gasteiger partial charge in [-0.1, -0.05) is 37.3 Å². The monoisotopic (exact) mass is 406 g/mol. The zero-order valence-corrected chi connectivity index (χ0v) is 17.6. The molecular formula is C24H30N4O2. The van der Waals surface area contributed by atoms with E-state index in [1.54, 1.807) is 0 Å². The Bertz CT molecular complexity index is 942. The van der Waals surface area contributed by atoms with E-state index >= 15 is 0 Å². The fourth-order valence-electron chi connectivity index (χ4n) is 5.82. The molecule has 2 bridgehead atoms. The first-order valence-electron chi connectivity index (χ1n) is 11.3. The normalized spacial score (nSPS) is 27.3. The van der Waals surface area contributed by atoms with Crippen LogP contribution in [0.3, 0.4) is 0 Å². The van der Waals surface area contributed by atoms with Crippen LogP contribution in [0.5, 0.6) is 0 Å². The molecule has 0 saturated carbocycles. The maximum atomic E-state index is 12.6. The van der Waals surface area contributed by atoms with Gasteiger partial charge in [-0.25, -0.2) is 9.97 Å². The lowest BCUT2D eigenvalue weighted by Crippen LogP contribution is -2.42. The van der Waals surface area contributed by atoms with Gasteiger partial charge in [0, 0.05) is 36.0 Å². The third kappa shape index (κ3) is 3.09. The lowest BCUT2D eigenvalue weighted by Gasteiger charge is -2.36. The molecule has 30 heavy (non-hydrogen) atoms. The number of aliphatic hydroxyl groups is 1. The van der Waals surface area contributed by atoms with Crippen LogP contribution in [-0.2, 0) is 19.3 Å². The Morgan fingerprint density at radius 1 is 1.20 bits per heavy atom. The minimum absolute atomic E-state index is 0.0537. The highest BCUT2D eigenvalue weighted by atomic mass is 16.3. The Kier molecular flexibility index (Phi) is 4.97. The van der Waals surface area contributed by atoms with Gasteiger partial charge in [-0.15, -0.1) is 0 Å². The van der Waals surface area contributed by atoms with Gasteiger partial charge in [-0.05, 0) is 44.1 Å². The Labute approximate surface area is 177 Å². The van der Waals surface area contributed by atoms with Gasteiger partial charge in [-0.2, -0.15) is 0 Å². The van der Waals surface area contributed by atoms with Gasteiger partial charge in [0.15, 0.2) is 0 Å². The predicted molar refractivity (Wildman–Crippen MR) is 116 cm³/mol. The number of carbonyl (C=O) groups excluding carboxylic acids is 1. The summed E-state index contributed by atoms with van der Waals surface area (Å²) in [6.45, 7) is 3.03. The van der Waals surface area contributed by atoms with Gasteiger partial charge in [-0.3, -0.25) is 4.79 Å². The highest BCUT2D eigenvalue weighted by Crippen LogP contribution is 2.53. The highest BCUT2D eigenvalue weighted by molar-refractivity contribution is 5.96. The average Bonchev–Trinajstić information content (AvgIpc) is 3.34. The minimum Gasteiger partial charge on any atom is -0.396 e. The summed E-state index contributed by atoms with van der Waals surface area (Å²) in [6, 6.07) is 11.0. The molecule has 0 aliphatic carbocycles. The molecule has 1 aromatic heterocycles. The van der Waals surface area contributed by atoms with Crippen LogP contribution < -0.4 is 10.2 Å². The number of carbonyl (C=O) groups is 1. The first-order chi connectivity index (χ1) is 14.6. The molecule has 6 heteroatoms. The van der Waals surface area contributed by atoms with Crippen molar-refractivity contribution in [1.29, 1.82) is 0 Å². The average molecular weight is 407 g/mol. The van der Waals surface area contributed by atoms with Crippen molar-refractivity contribution in [3.63, 3.8) is 0 Å². The molecule has 1 amide bonds. The lowest BCUT2D eigenvalue weighted by molar-refractivity contribution is 0.0935. The van der Waals surface area contributed by atoms with Crippen LogP contribution in [0.25, 0.3) is 0 Å². The Balaban J connectivity index is 1.53. The number of aromatic nitrogens is 2. The number of amides is 1. The molecule has 5 rings (SSSR count). The summed E-state index contributed by atoms with van der Waals surface area (Å²) >= 11 is 0. The Hall–Kier alpha value is -2.47. The van der Waals surface area contributed by atoms with E-state index < -0.39 is 0 Å². The Morgan fingerprint density at radius 3 is 2.77 bits per heavy atom. The molecule has 0 unspecified atom stereocenters. The van der Waals surface area contributed by atoms with Crippen molar-refractivity contribution in [2.45, 2.75) is 64.0 Å². The summed E-state index contributed by atoms with van der Waals surface area (Å²) in [7, 11) is 0. The fourth-order valence-corrected chi connectivity index (χ4v) is 5.82. The molecule has 3 aliphatic rings. The molecule has 4 heterocycles. The number of aliphatic hydroxyl groups excluding tert-OH is 1. The van der Waals surface area contributed by atoms with Crippen LogP contribution in [0.15, 0.2) is 30.3 Å². The molecule has 2 aromatic rings. The first kappa shape index (κ1) is 19.5. The van der Waals surface area contributed by atoms with E-state index in [1.165, 1.54) is 5.56 Å². The molecule has 2 N–H and O–H groups in total. The number of nitrogens with one attached hydrogen (secondary N) is 1. The standard InChI is InChI=1S/C24H30N4O2/c1-2-24(15-29)14-17-9-10-19(24)28(17)22-18-12-13-25-23(30)21(18)26-20(27-22)11-8-16-6-4-3-5-7-16/h3-7,17,19,29H,2,8-15H2,1H3,(H,25,30)/t17-,19+,24-/m1/s1. The van der Waals surface area contributed by atoms with Crippen molar-refractivity contribution in [2.24, 2.45) is 5.41 Å².